The summed E-state index contributed by atoms with van der Waals surface area (Å²) in [7, 11) is 0. The predicted molar refractivity (Wildman–Crippen MR) is 97.0 cm³/mol. The third kappa shape index (κ3) is 3.24. The first-order valence-corrected chi connectivity index (χ1v) is 9.06. The molecule has 134 valence electrons. The second-order valence-electron chi connectivity index (χ2n) is 5.89. The Labute approximate surface area is 158 Å². The molecule has 3 heterocycles. The van der Waals surface area contributed by atoms with Gasteiger partial charge in [-0.25, -0.2) is 0 Å². The van der Waals surface area contributed by atoms with Crippen molar-refractivity contribution in [2.24, 2.45) is 0 Å². The fraction of sp³-hybridized carbons (Fsp3) is 0.278. The van der Waals surface area contributed by atoms with E-state index in [2.05, 4.69) is 26.1 Å². The van der Waals surface area contributed by atoms with Gasteiger partial charge in [-0.05, 0) is 59.3 Å². The number of furan rings is 1. The minimum atomic E-state index is -0.120. The van der Waals surface area contributed by atoms with Gasteiger partial charge in [0.1, 0.15) is 5.75 Å². The number of amides is 1. The van der Waals surface area contributed by atoms with Gasteiger partial charge in [-0.3, -0.25) is 4.79 Å². The van der Waals surface area contributed by atoms with Gasteiger partial charge in [0.15, 0.2) is 16.3 Å². The Morgan fingerprint density at radius 2 is 2.08 bits per heavy atom. The first-order chi connectivity index (χ1) is 12.6. The molecule has 1 aliphatic rings. The van der Waals surface area contributed by atoms with Crippen LogP contribution in [0.4, 0.5) is 5.69 Å². The third-order valence-electron chi connectivity index (χ3n) is 4.18. The summed E-state index contributed by atoms with van der Waals surface area (Å²) in [6.07, 6.45) is 0.341. The Hall–Kier alpha value is -2.61. The Kier molecular flexibility index (Phi) is 4.50. The molecule has 4 rings (SSSR count). The molecule has 0 radical (unpaired) electrons. The minimum Gasteiger partial charge on any atom is -0.494 e. The van der Waals surface area contributed by atoms with E-state index in [0.29, 0.717) is 41.7 Å². The summed E-state index contributed by atoms with van der Waals surface area (Å²) in [4.78, 5) is 18.6. The molecule has 0 N–H and O–H groups in total. The molecule has 1 amide bonds. The van der Waals surface area contributed by atoms with E-state index in [1.165, 1.54) is 0 Å². The zero-order chi connectivity index (χ0) is 18.1. The first kappa shape index (κ1) is 16.8. The number of benzene rings is 1. The molecule has 0 spiro atoms. The van der Waals surface area contributed by atoms with Gasteiger partial charge in [-0.2, -0.15) is 4.98 Å². The highest BCUT2D eigenvalue weighted by atomic mass is 79.9. The largest absolute Gasteiger partial charge is 0.494 e. The molecular weight excluding hydrogens is 402 g/mol. The summed E-state index contributed by atoms with van der Waals surface area (Å²) in [5.41, 5.74) is 0.833. The molecule has 1 atom stereocenters. The van der Waals surface area contributed by atoms with Crippen molar-refractivity contribution in [2.45, 2.75) is 19.3 Å². The monoisotopic (exact) mass is 417 g/mol. The van der Waals surface area contributed by atoms with Crippen LogP contribution in [0.5, 0.6) is 5.75 Å². The van der Waals surface area contributed by atoms with Crippen molar-refractivity contribution in [2.75, 3.05) is 18.1 Å². The molecule has 0 aliphatic carbocycles. The van der Waals surface area contributed by atoms with Crippen LogP contribution in [0.2, 0.25) is 0 Å². The second kappa shape index (κ2) is 6.95. The molecule has 7 nitrogen and oxygen atoms in total. The quantitative estimate of drug-likeness (QED) is 0.623. The fourth-order valence-corrected chi connectivity index (χ4v) is 3.26. The van der Waals surface area contributed by atoms with Crippen molar-refractivity contribution in [1.29, 1.82) is 0 Å². The maximum absolute atomic E-state index is 12.4. The van der Waals surface area contributed by atoms with Crippen molar-refractivity contribution in [1.82, 2.24) is 10.1 Å². The molecule has 1 saturated heterocycles. The van der Waals surface area contributed by atoms with Crippen LogP contribution in [0.25, 0.3) is 11.7 Å². The smallest absolute Gasteiger partial charge is 0.293 e. The van der Waals surface area contributed by atoms with E-state index in [1.54, 1.807) is 17.0 Å². The van der Waals surface area contributed by atoms with E-state index in [4.69, 9.17) is 13.7 Å². The summed E-state index contributed by atoms with van der Waals surface area (Å²) >= 11 is 3.24. The number of nitrogens with zero attached hydrogens (tertiary/aromatic N) is 3. The molecular formula is C18H16BrN3O4. The summed E-state index contributed by atoms with van der Waals surface area (Å²) in [5.74, 6) is 2.00. The van der Waals surface area contributed by atoms with E-state index < -0.39 is 0 Å². The van der Waals surface area contributed by atoms with Crippen LogP contribution in [0.15, 0.2) is 50.0 Å². The number of hydrogen-bond acceptors (Lipinski definition) is 6. The number of carbonyl (C=O) groups excluding carboxylic acids is 1. The zero-order valence-electron chi connectivity index (χ0n) is 14.0. The van der Waals surface area contributed by atoms with Crippen molar-refractivity contribution in [3.05, 3.63) is 46.9 Å². The van der Waals surface area contributed by atoms with Crippen LogP contribution in [0.1, 0.15) is 25.1 Å². The molecule has 1 unspecified atom stereocenters. The van der Waals surface area contributed by atoms with Crippen molar-refractivity contribution < 1.29 is 18.5 Å². The Morgan fingerprint density at radius 3 is 2.77 bits per heavy atom. The SMILES string of the molecule is CCOc1ccc(N2CC(c3noc(-c4ccc(Br)o4)n3)CC2=O)cc1. The van der Waals surface area contributed by atoms with Gasteiger partial charge in [-0.15, -0.1) is 0 Å². The topological polar surface area (TPSA) is 81.6 Å². The van der Waals surface area contributed by atoms with Gasteiger partial charge >= 0.3 is 0 Å². The number of rotatable bonds is 5. The van der Waals surface area contributed by atoms with Crippen LogP contribution in [0, 0.1) is 0 Å². The molecule has 1 aromatic carbocycles. The molecule has 3 aromatic rings. The average molecular weight is 418 g/mol. The predicted octanol–water partition coefficient (Wildman–Crippen LogP) is 4.01. The lowest BCUT2D eigenvalue weighted by Crippen LogP contribution is -2.24. The summed E-state index contributed by atoms with van der Waals surface area (Å²) in [6, 6.07) is 11.0. The number of aromatic nitrogens is 2. The maximum atomic E-state index is 12.4. The van der Waals surface area contributed by atoms with Crippen LogP contribution < -0.4 is 9.64 Å². The van der Waals surface area contributed by atoms with Gasteiger partial charge in [0.05, 0.1) is 6.61 Å². The molecule has 0 bridgehead atoms. The zero-order valence-corrected chi connectivity index (χ0v) is 15.6. The standard InChI is InChI=1S/C18H16BrN3O4/c1-2-24-13-5-3-12(4-6-13)22-10-11(9-16(22)23)17-20-18(26-21-17)14-7-8-15(19)25-14/h3-8,11H,2,9-10H2,1H3. The number of ether oxygens (including phenoxy) is 1. The van der Waals surface area contributed by atoms with Gasteiger partial charge in [-0.1, -0.05) is 5.16 Å². The van der Waals surface area contributed by atoms with Crippen molar-refractivity contribution >= 4 is 27.5 Å². The highest BCUT2D eigenvalue weighted by Crippen LogP contribution is 2.32. The molecule has 2 aromatic heterocycles. The van der Waals surface area contributed by atoms with E-state index in [0.717, 1.165) is 11.4 Å². The third-order valence-corrected chi connectivity index (χ3v) is 4.60. The van der Waals surface area contributed by atoms with Crippen molar-refractivity contribution in [3.63, 3.8) is 0 Å². The van der Waals surface area contributed by atoms with E-state index in [1.807, 2.05) is 31.2 Å². The Balaban J connectivity index is 1.50. The number of halogens is 1. The number of hydrogen-bond donors (Lipinski definition) is 0. The van der Waals surface area contributed by atoms with Crippen LogP contribution in [0.3, 0.4) is 0 Å². The van der Waals surface area contributed by atoms with Crippen LogP contribution in [-0.4, -0.2) is 29.2 Å². The van der Waals surface area contributed by atoms with E-state index >= 15 is 0 Å². The lowest BCUT2D eigenvalue weighted by atomic mass is 10.1. The molecule has 8 heteroatoms. The number of anilines is 1. The first-order valence-electron chi connectivity index (χ1n) is 8.26. The van der Waals surface area contributed by atoms with Crippen molar-refractivity contribution in [3.8, 4) is 17.4 Å². The Morgan fingerprint density at radius 1 is 1.27 bits per heavy atom. The van der Waals surface area contributed by atoms with E-state index in [-0.39, 0.29) is 11.8 Å². The lowest BCUT2D eigenvalue weighted by molar-refractivity contribution is -0.117. The highest BCUT2D eigenvalue weighted by Gasteiger charge is 2.34. The van der Waals surface area contributed by atoms with Gasteiger partial charge in [0, 0.05) is 24.6 Å². The Bertz CT molecular complexity index is 919. The molecule has 0 saturated carbocycles. The number of carbonyl (C=O) groups is 1. The molecule has 26 heavy (non-hydrogen) atoms. The lowest BCUT2D eigenvalue weighted by Gasteiger charge is -2.16. The van der Waals surface area contributed by atoms with Crippen LogP contribution in [-0.2, 0) is 4.79 Å². The van der Waals surface area contributed by atoms with E-state index in [9.17, 15) is 4.79 Å². The maximum Gasteiger partial charge on any atom is 0.293 e. The minimum absolute atomic E-state index is 0.0336. The van der Waals surface area contributed by atoms with Crippen LogP contribution >= 0.6 is 15.9 Å². The summed E-state index contributed by atoms with van der Waals surface area (Å²) < 4.78 is 16.7. The van der Waals surface area contributed by atoms with Gasteiger partial charge in [0.25, 0.3) is 5.89 Å². The van der Waals surface area contributed by atoms with Gasteiger partial charge < -0.3 is 18.6 Å². The second-order valence-corrected chi connectivity index (χ2v) is 6.68. The molecule has 1 aliphatic heterocycles. The summed E-state index contributed by atoms with van der Waals surface area (Å²) in [5, 5.41) is 4.02. The fourth-order valence-electron chi connectivity index (χ4n) is 2.95. The highest BCUT2D eigenvalue weighted by molar-refractivity contribution is 9.10. The normalized spacial score (nSPS) is 17.1. The van der Waals surface area contributed by atoms with Gasteiger partial charge in [0.2, 0.25) is 5.91 Å². The average Bonchev–Trinajstić information content (AvgIpc) is 3.35. The molecule has 1 fully saturated rings. The summed E-state index contributed by atoms with van der Waals surface area (Å²) in [6.45, 7) is 3.05.